The normalized spacial score (nSPS) is 12.5. The van der Waals surface area contributed by atoms with Gasteiger partial charge in [-0.2, -0.15) is 0 Å². The van der Waals surface area contributed by atoms with Crippen molar-refractivity contribution >= 4 is 62.3 Å². The fourth-order valence-corrected chi connectivity index (χ4v) is 7.04. The maximum atomic E-state index is 14.7. The minimum absolute atomic E-state index is 0.0753. The highest BCUT2D eigenvalue weighted by molar-refractivity contribution is 7.92. The van der Waals surface area contributed by atoms with E-state index < -0.39 is 28.5 Å². The molecule has 0 aliphatic heterocycles. The molecule has 4 aromatic rings. The average molecular weight is 731 g/mol. The summed E-state index contributed by atoms with van der Waals surface area (Å²) < 4.78 is 35.5. The molecule has 0 saturated carbocycles. The molecule has 48 heavy (non-hydrogen) atoms. The molecular formula is C36H38Cl3N3O5S. The summed E-state index contributed by atoms with van der Waals surface area (Å²) in [6.07, 6.45) is 0.835. The van der Waals surface area contributed by atoms with Crippen molar-refractivity contribution in [1.29, 1.82) is 0 Å². The number of sulfonamides is 1. The monoisotopic (exact) mass is 729 g/mol. The van der Waals surface area contributed by atoms with Gasteiger partial charge in [-0.3, -0.25) is 13.9 Å². The zero-order valence-electron chi connectivity index (χ0n) is 26.9. The average Bonchev–Trinajstić information content (AvgIpc) is 3.07. The van der Waals surface area contributed by atoms with Crippen molar-refractivity contribution in [3.8, 4) is 5.75 Å². The molecule has 0 aliphatic carbocycles. The molecule has 0 aliphatic rings. The third-order valence-electron chi connectivity index (χ3n) is 7.74. The van der Waals surface area contributed by atoms with Crippen LogP contribution in [0.2, 0.25) is 15.1 Å². The number of hydrogen-bond donors (Lipinski definition) is 1. The van der Waals surface area contributed by atoms with Crippen LogP contribution in [0, 0.1) is 0 Å². The van der Waals surface area contributed by atoms with Crippen LogP contribution in [0.25, 0.3) is 0 Å². The maximum Gasteiger partial charge on any atom is 0.264 e. The highest BCUT2D eigenvalue weighted by Crippen LogP contribution is 2.33. The highest BCUT2D eigenvalue weighted by Gasteiger charge is 2.36. The number of nitrogens with one attached hydrogen (secondary N) is 1. The second-order valence-electron chi connectivity index (χ2n) is 11.1. The van der Waals surface area contributed by atoms with Gasteiger partial charge in [0, 0.05) is 34.1 Å². The molecule has 0 radical (unpaired) electrons. The van der Waals surface area contributed by atoms with Crippen LogP contribution < -0.4 is 14.4 Å². The Morgan fingerprint density at radius 3 is 2.15 bits per heavy atom. The Labute approximate surface area is 297 Å². The molecule has 12 heteroatoms. The molecular weight excluding hydrogens is 693 g/mol. The lowest BCUT2D eigenvalue weighted by Gasteiger charge is -2.34. The number of amides is 2. The van der Waals surface area contributed by atoms with E-state index >= 15 is 0 Å². The molecule has 8 nitrogen and oxygen atoms in total. The zero-order chi connectivity index (χ0) is 34.8. The first-order valence-electron chi connectivity index (χ1n) is 15.5. The molecule has 0 heterocycles. The number of anilines is 1. The van der Waals surface area contributed by atoms with Gasteiger partial charge < -0.3 is 15.0 Å². The lowest BCUT2D eigenvalue weighted by molar-refractivity contribution is -0.140. The van der Waals surface area contributed by atoms with Crippen LogP contribution in [0.3, 0.4) is 0 Å². The first-order valence-corrected chi connectivity index (χ1v) is 18.1. The van der Waals surface area contributed by atoms with Crippen molar-refractivity contribution in [2.45, 2.75) is 57.1 Å². The number of hydrogen-bond acceptors (Lipinski definition) is 5. The molecule has 254 valence electrons. The predicted molar refractivity (Wildman–Crippen MR) is 192 cm³/mol. The summed E-state index contributed by atoms with van der Waals surface area (Å²) in [4.78, 5) is 30.0. The quantitative estimate of drug-likeness (QED) is 0.135. The topological polar surface area (TPSA) is 96.0 Å². The van der Waals surface area contributed by atoms with Crippen molar-refractivity contribution in [2.75, 3.05) is 17.5 Å². The Morgan fingerprint density at radius 2 is 1.50 bits per heavy atom. The maximum absolute atomic E-state index is 14.7. The highest BCUT2D eigenvalue weighted by atomic mass is 35.5. The van der Waals surface area contributed by atoms with E-state index in [9.17, 15) is 18.0 Å². The predicted octanol–water partition coefficient (Wildman–Crippen LogP) is 7.80. The van der Waals surface area contributed by atoms with Crippen LogP contribution >= 0.6 is 34.8 Å². The number of para-hydroxylation sites is 2. The van der Waals surface area contributed by atoms with E-state index in [1.165, 1.54) is 29.2 Å². The number of rotatable bonds is 15. The Bertz CT molecular complexity index is 1810. The first kappa shape index (κ1) is 37.1. The fraction of sp³-hybridized carbons (Fsp3) is 0.278. The van der Waals surface area contributed by atoms with E-state index in [2.05, 4.69) is 5.32 Å². The molecule has 1 N–H and O–H groups in total. The van der Waals surface area contributed by atoms with E-state index in [0.29, 0.717) is 27.1 Å². The lowest BCUT2D eigenvalue weighted by Crippen LogP contribution is -2.54. The Kier molecular flexibility index (Phi) is 13.2. The van der Waals surface area contributed by atoms with Gasteiger partial charge in [0.25, 0.3) is 10.0 Å². The van der Waals surface area contributed by atoms with Gasteiger partial charge in [0.15, 0.2) is 0 Å². The smallest absolute Gasteiger partial charge is 0.264 e. The summed E-state index contributed by atoms with van der Waals surface area (Å²) in [6, 6.07) is 25.3. The van der Waals surface area contributed by atoms with Crippen molar-refractivity contribution in [3.63, 3.8) is 0 Å². The van der Waals surface area contributed by atoms with Gasteiger partial charge in [-0.15, -0.1) is 0 Å². The third-order valence-corrected chi connectivity index (χ3v) is 10.4. The number of carbonyl (C=O) groups is 2. The van der Waals surface area contributed by atoms with E-state index in [0.717, 1.165) is 9.87 Å². The molecule has 0 unspecified atom stereocenters. The van der Waals surface area contributed by atoms with Crippen LogP contribution in [0.5, 0.6) is 5.75 Å². The van der Waals surface area contributed by atoms with Gasteiger partial charge in [-0.25, -0.2) is 8.42 Å². The Morgan fingerprint density at radius 1 is 0.854 bits per heavy atom. The zero-order valence-corrected chi connectivity index (χ0v) is 30.0. The van der Waals surface area contributed by atoms with Crippen LogP contribution in [-0.2, 0) is 32.6 Å². The summed E-state index contributed by atoms with van der Waals surface area (Å²) in [5.74, 6) is -0.744. The first-order chi connectivity index (χ1) is 22.9. The van der Waals surface area contributed by atoms with Crippen molar-refractivity contribution in [1.82, 2.24) is 10.2 Å². The SMILES string of the molecule is CCOc1ccccc1N(CC(=O)N(Cc1ccc(Cl)cc1Cl)[C@H](Cc1ccccc1)C(=O)N[C@H](C)CC)S(=O)(=O)c1ccc(Cl)cc1. The van der Waals surface area contributed by atoms with Gasteiger partial charge >= 0.3 is 0 Å². The largest absolute Gasteiger partial charge is 0.492 e. The minimum Gasteiger partial charge on any atom is -0.492 e. The van der Waals surface area contributed by atoms with Gasteiger partial charge in [0.05, 0.1) is 17.2 Å². The summed E-state index contributed by atoms with van der Waals surface area (Å²) in [6.45, 7) is 5.12. The molecule has 0 fully saturated rings. The standard InChI is InChI=1S/C36H38Cl3N3O5S/c1-4-25(3)40-36(44)33(21-26-11-7-6-8-12-26)41(23-27-15-16-29(38)22-31(27)39)35(43)24-42(32-13-9-10-14-34(32)47-5-2)48(45,46)30-19-17-28(37)18-20-30/h6-20,22,25,33H,4-5,21,23-24H2,1-3H3,(H,40,44)/t25-,33-/m1/s1. The fourth-order valence-electron chi connectivity index (χ4n) is 5.02. The molecule has 4 rings (SSSR count). The van der Waals surface area contributed by atoms with Crippen molar-refractivity contribution < 1.29 is 22.7 Å². The van der Waals surface area contributed by atoms with E-state index in [-0.39, 0.29) is 47.9 Å². The van der Waals surface area contributed by atoms with E-state index in [4.69, 9.17) is 39.5 Å². The molecule has 0 saturated heterocycles. The van der Waals surface area contributed by atoms with Crippen LogP contribution in [0.1, 0.15) is 38.3 Å². The van der Waals surface area contributed by atoms with Crippen LogP contribution in [0.15, 0.2) is 102 Å². The van der Waals surface area contributed by atoms with E-state index in [1.54, 1.807) is 49.4 Å². The minimum atomic E-state index is -4.35. The summed E-state index contributed by atoms with van der Waals surface area (Å²) in [7, 11) is -4.35. The molecule has 2 atom stereocenters. The Balaban J connectivity index is 1.86. The number of ether oxygens (including phenoxy) is 1. The molecule has 0 aromatic heterocycles. The molecule has 0 bridgehead atoms. The number of halogens is 3. The number of nitrogens with zero attached hydrogens (tertiary/aromatic N) is 2. The van der Waals surface area contributed by atoms with E-state index in [1.807, 2.05) is 44.2 Å². The Hall–Kier alpha value is -3.76. The van der Waals surface area contributed by atoms with Gasteiger partial charge in [-0.1, -0.05) is 90.3 Å². The van der Waals surface area contributed by atoms with Crippen LogP contribution in [0.4, 0.5) is 5.69 Å². The van der Waals surface area contributed by atoms with Crippen molar-refractivity contribution in [3.05, 3.63) is 123 Å². The van der Waals surface area contributed by atoms with Crippen LogP contribution in [-0.4, -0.2) is 50.4 Å². The van der Waals surface area contributed by atoms with Gasteiger partial charge in [0.1, 0.15) is 18.3 Å². The lowest BCUT2D eigenvalue weighted by atomic mass is 10.0. The number of benzene rings is 4. The van der Waals surface area contributed by atoms with Crippen molar-refractivity contribution in [2.24, 2.45) is 0 Å². The second-order valence-corrected chi connectivity index (χ2v) is 14.3. The summed E-state index contributed by atoms with van der Waals surface area (Å²) >= 11 is 18.9. The summed E-state index contributed by atoms with van der Waals surface area (Å²) in [5, 5.41) is 4.08. The summed E-state index contributed by atoms with van der Waals surface area (Å²) in [5.41, 5.74) is 1.51. The second kappa shape index (κ2) is 17.1. The van der Waals surface area contributed by atoms with Gasteiger partial charge in [-0.05, 0) is 79.9 Å². The third kappa shape index (κ3) is 9.44. The molecule has 4 aromatic carbocycles. The molecule has 2 amide bonds. The molecule has 0 spiro atoms. The number of carbonyl (C=O) groups excluding carboxylic acids is 2. The van der Waals surface area contributed by atoms with Gasteiger partial charge in [0.2, 0.25) is 11.8 Å².